The van der Waals surface area contributed by atoms with Gasteiger partial charge in [-0.25, -0.2) is 0 Å². The normalized spacial score (nSPS) is 21.3. The summed E-state index contributed by atoms with van der Waals surface area (Å²) in [5.74, 6) is 3.37. The molecule has 0 bridgehead atoms. The summed E-state index contributed by atoms with van der Waals surface area (Å²) >= 11 is -2.85. The monoisotopic (exact) mass is 766 g/mol. The van der Waals surface area contributed by atoms with Gasteiger partial charge in [-0.05, 0) is 0 Å². The van der Waals surface area contributed by atoms with E-state index in [-0.39, 0.29) is 24.8 Å². The number of benzene rings is 4. The second-order valence-electron chi connectivity index (χ2n) is 14.9. The summed E-state index contributed by atoms with van der Waals surface area (Å²) < 4.78 is 15.5. The fourth-order valence-electron chi connectivity index (χ4n) is 10.3. The Balaban J connectivity index is 0.00000189. The van der Waals surface area contributed by atoms with Crippen molar-refractivity contribution in [2.24, 2.45) is 11.8 Å². The third-order valence-electron chi connectivity index (χ3n) is 12.6. The zero-order valence-corrected chi connectivity index (χ0v) is 32.7. The standard InChI is InChI=1S/2C21H21O.C2H4.2ClH.Zr/c2*1-22-19-11-9-16(10-12-19)20-8-4-7-17-13-18(14-21(17)20)15-5-2-3-6-15;1-2;;;/h2*4,7-15H,2-3,5-6H2,1H3;1-2H2;2*1H;/q;;;;;+2/p-2. The molecule has 2 nitrogen and oxygen atoms in total. The maximum atomic E-state index is 5.52. The smallest absolute Gasteiger partial charge is 1.00 e. The van der Waals surface area contributed by atoms with Crippen molar-refractivity contribution in [1.82, 2.24) is 0 Å². The number of hydrogen-bond donors (Lipinski definition) is 0. The molecule has 2 atom stereocenters. The van der Waals surface area contributed by atoms with Gasteiger partial charge in [-0.1, -0.05) is 0 Å². The molecule has 2 saturated carbocycles. The molecule has 49 heavy (non-hydrogen) atoms. The molecule has 9 rings (SSSR count). The van der Waals surface area contributed by atoms with Crippen LogP contribution in [0.15, 0.2) is 96.1 Å². The summed E-state index contributed by atoms with van der Waals surface area (Å²) in [5.41, 5.74) is 15.6. The van der Waals surface area contributed by atoms with Crippen LogP contribution >= 0.6 is 0 Å². The number of fused-ring (bicyclic) bond motifs is 2. The Morgan fingerprint density at radius 1 is 0.510 bits per heavy atom. The number of ether oxygens (including phenoxy) is 2. The molecule has 0 spiro atoms. The van der Waals surface area contributed by atoms with Crippen LogP contribution in [-0.4, -0.2) is 14.2 Å². The molecule has 2 unspecified atom stereocenters. The van der Waals surface area contributed by atoms with Gasteiger partial charge in [0.2, 0.25) is 0 Å². The summed E-state index contributed by atoms with van der Waals surface area (Å²) in [6.45, 7) is 0. The van der Waals surface area contributed by atoms with Crippen LogP contribution in [-0.2, 0) is 20.3 Å². The van der Waals surface area contributed by atoms with E-state index in [0.29, 0.717) is 7.25 Å². The van der Waals surface area contributed by atoms with Crippen LogP contribution in [0.1, 0.15) is 80.9 Å². The third-order valence-corrected chi connectivity index (χ3v) is 25.5. The van der Waals surface area contributed by atoms with Crippen molar-refractivity contribution in [3.05, 3.63) is 118 Å². The summed E-state index contributed by atoms with van der Waals surface area (Å²) in [5, 5.41) is 0. The predicted molar refractivity (Wildman–Crippen MR) is 192 cm³/mol. The van der Waals surface area contributed by atoms with Crippen LogP contribution in [0.2, 0.25) is 8.26 Å². The van der Waals surface area contributed by atoms with Crippen molar-refractivity contribution < 1.29 is 54.6 Å². The molecule has 1 saturated heterocycles. The van der Waals surface area contributed by atoms with E-state index in [1.165, 1.54) is 93.0 Å². The Morgan fingerprint density at radius 2 is 0.898 bits per heavy atom. The maximum Gasteiger partial charge on any atom is -1.00 e. The largest absolute Gasteiger partial charge is 1.00 e. The van der Waals surface area contributed by atoms with Crippen LogP contribution in [0.3, 0.4) is 0 Å². The number of halogens is 2. The van der Waals surface area contributed by atoms with Gasteiger partial charge in [-0.2, -0.15) is 0 Å². The van der Waals surface area contributed by atoms with E-state index >= 15 is 0 Å². The minimum atomic E-state index is -2.85. The van der Waals surface area contributed by atoms with Crippen LogP contribution in [0.4, 0.5) is 0 Å². The van der Waals surface area contributed by atoms with Crippen LogP contribution < -0.4 is 34.3 Å². The molecular weight excluding hydrogens is 723 g/mol. The molecule has 3 fully saturated rings. The fourth-order valence-corrected chi connectivity index (χ4v) is 28.0. The van der Waals surface area contributed by atoms with E-state index < -0.39 is 20.3 Å². The third kappa shape index (κ3) is 5.91. The average molecular weight is 769 g/mol. The molecule has 5 heteroatoms. The number of hydrogen-bond acceptors (Lipinski definition) is 2. The second-order valence-corrected chi connectivity index (χ2v) is 26.3. The van der Waals surface area contributed by atoms with Crippen molar-refractivity contribution in [3.63, 3.8) is 0 Å². The van der Waals surface area contributed by atoms with Gasteiger partial charge in [-0.3, -0.25) is 0 Å². The molecule has 0 N–H and O–H groups in total. The fraction of sp³-hybridized carbons (Fsp3) is 0.364. The van der Waals surface area contributed by atoms with Crippen LogP contribution in [0.25, 0.3) is 34.4 Å². The zero-order valence-electron chi connectivity index (χ0n) is 28.7. The molecule has 5 aliphatic rings. The van der Waals surface area contributed by atoms with Crippen molar-refractivity contribution in [3.8, 4) is 33.8 Å². The second kappa shape index (κ2) is 14.2. The molecular formula is C44H46Cl2O2Zr. The molecule has 0 radical (unpaired) electrons. The first-order valence-electron chi connectivity index (χ1n) is 18.2. The number of methoxy groups -OCH3 is 2. The van der Waals surface area contributed by atoms with Gasteiger partial charge < -0.3 is 24.8 Å². The molecule has 1 aliphatic heterocycles. The van der Waals surface area contributed by atoms with Gasteiger partial charge in [0.15, 0.2) is 0 Å². The Kier molecular flexibility index (Phi) is 10.1. The quantitative estimate of drug-likeness (QED) is 0.219. The predicted octanol–water partition coefficient (Wildman–Crippen LogP) is 6.01. The SMILES string of the molecule is COc1ccc(-c2cccc3c2C=C(C2CCCC2)[CH]3[Zr+2]2([CH]3C(C4CCCC4)=Cc4c(-c5ccc(OC)cc5)cccc43)[CH2][CH2]2)cc1.[Cl-].[Cl-]. The Labute approximate surface area is 309 Å². The molecule has 252 valence electrons. The van der Waals surface area contributed by atoms with E-state index in [4.69, 9.17) is 9.47 Å². The minimum absolute atomic E-state index is 0. The molecule has 4 aliphatic carbocycles. The van der Waals surface area contributed by atoms with E-state index in [1.54, 1.807) is 25.3 Å². The zero-order chi connectivity index (χ0) is 31.5. The van der Waals surface area contributed by atoms with Crippen molar-refractivity contribution in [2.75, 3.05) is 14.2 Å². The van der Waals surface area contributed by atoms with Crippen molar-refractivity contribution >= 4 is 12.2 Å². The molecule has 4 aromatic carbocycles. The first-order valence-corrected chi connectivity index (χ1v) is 24.5. The maximum absolute atomic E-state index is 5.52. The summed E-state index contributed by atoms with van der Waals surface area (Å²) in [6.07, 6.45) is 16.5. The number of rotatable bonds is 8. The molecule has 0 amide bonds. The first kappa shape index (κ1) is 34.9. The van der Waals surface area contributed by atoms with E-state index in [1.807, 2.05) is 11.1 Å². The minimum Gasteiger partial charge on any atom is -1.00 e. The van der Waals surface area contributed by atoms with Crippen LogP contribution in [0.5, 0.6) is 11.5 Å². The van der Waals surface area contributed by atoms with Gasteiger partial charge in [0.1, 0.15) is 0 Å². The van der Waals surface area contributed by atoms with Gasteiger partial charge in [-0.15, -0.1) is 0 Å². The summed E-state index contributed by atoms with van der Waals surface area (Å²) in [7, 11) is 3.52. The van der Waals surface area contributed by atoms with E-state index in [0.717, 1.165) is 23.3 Å². The molecule has 4 aromatic rings. The summed E-state index contributed by atoms with van der Waals surface area (Å²) in [4.78, 5) is 0. The first-order chi connectivity index (χ1) is 23.2. The van der Waals surface area contributed by atoms with E-state index in [9.17, 15) is 0 Å². The Hall–Kier alpha value is -2.58. The molecule has 1 heterocycles. The molecule has 0 aromatic heterocycles. The van der Waals surface area contributed by atoms with Gasteiger partial charge in [0.25, 0.3) is 0 Å². The number of allylic oxidation sites excluding steroid dienone is 2. The summed E-state index contributed by atoms with van der Waals surface area (Å²) in [6, 6.07) is 32.1. The van der Waals surface area contributed by atoms with Gasteiger partial charge in [0.05, 0.1) is 0 Å². The van der Waals surface area contributed by atoms with Gasteiger partial charge >= 0.3 is 287 Å². The van der Waals surface area contributed by atoms with Crippen molar-refractivity contribution in [1.29, 1.82) is 0 Å². The van der Waals surface area contributed by atoms with Crippen molar-refractivity contribution in [2.45, 2.75) is 66.9 Å². The van der Waals surface area contributed by atoms with Crippen LogP contribution in [0, 0.1) is 11.8 Å². The Bertz CT molecular complexity index is 1740. The van der Waals surface area contributed by atoms with E-state index in [2.05, 4.69) is 97.1 Å². The Morgan fingerprint density at radius 3 is 1.24 bits per heavy atom. The average Bonchev–Trinajstić information content (AvgIpc) is 3.66. The topological polar surface area (TPSA) is 18.5 Å². The van der Waals surface area contributed by atoms with Gasteiger partial charge in [0, 0.05) is 0 Å².